The molecule has 1 aromatic rings. The van der Waals surface area contributed by atoms with Gasteiger partial charge in [0.2, 0.25) is 11.8 Å². The maximum atomic E-state index is 13.6. The van der Waals surface area contributed by atoms with Crippen molar-refractivity contribution in [2.75, 3.05) is 0 Å². The molecule has 21 heavy (non-hydrogen) atoms. The first kappa shape index (κ1) is 14.1. The zero-order chi connectivity index (χ0) is 15.1. The molecule has 6 heteroatoms. The van der Waals surface area contributed by atoms with Crippen LogP contribution in [0.5, 0.6) is 0 Å². The van der Waals surface area contributed by atoms with Crippen molar-refractivity contribution in [3.8, 4) is 0 Å². The van der Waals surface area contributed by atoms with Gasteiger partial charge in [0.05, 0.1) is 18.4 Å². The van der Waals surface area contributed by atoms with E-state index < -0.39 is 5.82 Å². The Morgan fingerprint density at radius 3 is 2.43 bits per heavy atom. The molecule has 2 fully saturated rings. The molecule has 0 spiro atoms. The Morgan fingerprint density at radius 1 is 1.24 bits per heavy atom. The largest absolute Gasteiger partial charge is 0.389 e. The zero-order valence-corrected chi connectivity index (χ0v) is 12.2. The number of carbonyl (C=O) groups is 2. The number of amides is 2. The highest BCUT2D eigenvalue weighted by molar-refractivity contribution is 7.80. The van der Waals surface area contributed by atoms with Crippen LogP contribution in [0, 0.1) is 17.7 Å². The monoisotopic (exact) mass is 306 g/mol. The number of halogens is 1. The topological polar surface area (TPSA) is 63.4 Å². The number of hydrogen-bond acceptors (Lipinski definition) is 3. The molecule has 1 saturated carbocycles. The molecule has 1 heterocycles. The number of nitrogens with zero attached hydrogens (tertiary/aromatic N) is 1. The van der Waals surface area contributed by atoms with Crippen molar-refractivity contribution in [2.45, 2.75) is 25.8 Å². The third-order valence-corrected chi connectivity index (χ3v) is 4.50. The van der Waals surface area contributed by atoms with Crippen LogP contribution in [0.25, 0.3) is 0 Å². The third kappa shape index (κ3) is 2.44. The van der Waals surface area contributed by atoms with E-state index in [-0.39, 0.29) is 35.2 Å². The number of rotatable bonds is 3. The molecule has 2 aliphatic rings. The van der Waals surface area contributed by atoms with Gasteiger partial charge >= 0.3 is 0 Å². The molecule has 4 nitrogen and oxygen atoms in total. The van der Waals surface area contributed by atoms with Crippen molar-refractivity contribution in [3.05, 3.63) is 35.1 Å². The Morgan fingerprint density at radius 2 is 1.86 bits per heavy atom. The van der Waals surface area contributed by atoms with E-state index in [1.807, 2.05) is 0 Å². The van der Waals surface area contributed by atoms with Gasteiger partial charge in [-0.15, -0.1) is 0 Å². The Labute approximate surface area is 127 Å². The minimum atomic E-state index is -0.477. The number of benzene rings is 1. The van der Waals surface area contributed by atoms with E-state index in [4.69, 9.17) is 18.0 Å². The van der Waals surface area contributed by atoms with Crippen LogP contribution in [0.1, 0.15) is 30.4 Å². The molecule has 1 saturated heterocycles. The standard InChI is InChI=1S/C15H15FN2O2S/c16-10-5-8(4-9(6-10)13(17)21)7-18-14(19)11-2-1-3-12(11)15(18)20/h4-6,11-12H,1-3,7H2,(H2,17,21). The molecule has 0 bridgehead atoms. The first-order chi connectivity index (χ1) is 9.97. The Kier molecular flexibility index (Phi) is 3.49. The molecule has 0 radical (unpaired) electrons. The average molecular weight is 306 g/mol. The molecule has 3 rings (SSSR count). The number of hydrogen-bond donors (Lipinski definition) is 1. The van der Waals surface area contributed by atoms with E-state index in [9.17, 15) is 14.0 Å². The molecule has 2 amide bonds. The summed E-state index contributed by atoms with van der Waals surface area (Å²) in [6.45, 7) is 0.0814. The number of fused-ring (bicyclic) bond motifs is 1. The molecule has 0 aromatic heterocycles. The lowest BCUT2D eigenvalue weighted by molar-refractivity contribution is -0.141. The SMILES string of the molecule is NC(=S)c1cc(F)cc(CN2C(=O)C3CCCC3C2=O)c1. The summed E-state index contributed by atoms with van der Waals surface area (Å²) >= 11 is 4.84. The maximum absolute atomic E-state index is 13.6. The number of carbonyl (C=O) groups excluding carboxylic acids is 2. The number of nitrogens with two attached hydrogens (primary N) is 1. The second-order valence-electron chi connectivity index (χ2n) is 5.62. The molecule has 1 aliphatic heterocycles. The second kappa shape index (κ2) is 5.18. The Balaban J connectivity index is 1.85. The van der Waals surface area contributed by atoms with E-state index in [1.165, 1.54) is 17.0 Å². The van der Waals surface area contributed by atoms with Crippen LogP contribution in [0.15, 0.2) is 18.2 Å². The van der Waals surface area contributed by atoms with Crippen molar-refractivity contribution in [1.82, 2.24) is 4.90 Å². The summed E-state index contributed by atoms with van der Waals surface area (Å²) in [7, 11) is 0. The first-order valence-electron chi connectivity index (χ1n) is 6.92. The quantitative estimate of drug-likeness (QED) is 0.682. The van der Waals surface area contributed by atoms with Gasteiger partial charge in [0.1, 0.15) is 10.8 Å². The van der Waals surface area contributed by atoms with Crippen molar-refractivity contribution < 1.29 is 14.0 Å². The fourth-order valence-electron chi connectivity index (χ4n) is 3.28. The zero-order valence-electron chi connectivity index (χ0n) is 11.3. The molecule has 2 unspecified atom stereocenters. The van der Waals surface area contributed by atoms with Crippen LogP contribution in [0.4, 0.5) is 4.39 Å². The minimum absolute atomic E-state index is 0.0814. The smallest absolute Gasteiger partial charge is 0.233 e. The van der Waals surface area contributed by atoms with Gasteiger partial charge in [-0.05, 0) is 36.6 Å². The highest BCUT2D eigenvalue weighted by Crippen LogP contribution is 2.40. The average Bonchev–Trinajstić information content (AvgIpc) is 2.98. The molecule has 1 aromatic carbocycles. The lowest BCUT2D eigenvalue weighted by Crippen LogP contribution is -2.31. The van der Waals surface area contributed by atoms with Crippen molar-refractivity contribution in [2.24, 2.45) is 17.6 Å². The van der Waals surface area contributed by atoms with Crippen molar-refractivity contribution >= 4 is 29.0 Å². The number of thiocarbonyl (C=S) groups is 1. The fourth-order valence-corrected chi connectivity index (χ4v) is 3.40. The van der Waals surface area contributed by atoms with Crippen molar-refractivity contribution in [3.63, 3.8) is 0 Å². The summed E-state index contributed by atoms with van der Waals surface area (Å²) in [5, 5.41) is 0. The van der Waals surface area contributed by atoms with Gasteiger partial charge < -0.3 is 5.73 Å². The van der Waals surface area contributed by atoms with Gasteiger partial charge in [-0.1, -0.05) is 18.6 Å². The molecule has 110 valence electrons. The van der Waals surface area contributed by atoms with Crippen LogP contribution in [0.3, 0.4) is 0 Å². The highest BCUT2D eigenvalue weighted by atomic mass is 32.1. The predicted octanol–water partition coefficient (Wildman–Crippen LogP) is 1.75. The normalized spacial score (nSPS) is 24.5. The van der Waals surface area contributed by atoms with E-state index in [0.29, 0.717) is 11.1 Å². The highest BCUT2D eigenvalue weighted by Gasteiger charge is 2.49. The van der Waals surface area contributed by atoms with E-state index in [0.717, 1.165) is 19.3 Å². The summed E-state index contributed by atoms with van der Waals surface area (Å²) < 4.78 is 13.6. The van der Waals surface area contributed by atoms with Crippen LogP contribution in [-0.4, -0.2) is 21.7 Å². The molecule has 2 N–H and O–H groups in total. The summed E-state index contributed by atoms with van der Waals surface area (Å²) in [6.07, 6.45) is 2.46. The van der Waals surface area contributed by atoms with Crippen LogP contribution in [0.2, 0.25) is 0 Å². The maximum Gasteiger partial charge on any atom is 0.233 e. The molecular weight excluding hydrogens is 291 g/mol. The molecule has 2 atom stereocenters. The van der Waals surface area contributed by atoms with Gasteiger partial charge in [-0.2, -0.15) is 0 Å². The number of likely N-dealkylation sites (tertiary alicyclic amines) is 1. The van der Waals surface area contributed by atoms with Gasteiger partial charge in [0, 0.05) is 5.56 Å². The predicted molar refractivity (Wildman–Crippen MR) is 78.7 cm³/mol. The summed E-state index contributed by atoms with van der Waals surface area (Å²) in [6, 6.07) is 4.17. The minimum Gasteiger partial charge on any atom is -0.389 e. The molecule has 1 aliphatic carbocycles. The van der Waals surface area contributed by atoms with Gasteiger partial charge in [0.15, 0.2) is 0 Å². The lowest BCUT2D eigenvalue weighted by Gasteiger charge is -2.16. The Hall–Kier alpha value is -1.82. The van der Waals surface area contributed by atoms with Gasteiger partial charge in [-0.25, -0.2) is 4.39 Å². The fraction of sp³-hybridized carbons (Fsp3) is 0.400. The summed E-state index contributed by atoms with van der Waals surface area (Å²) in [5.41, 5.74) is 6.44. The third-order valence-electron chi connectivity index (χ3n) is 4.27. The van der Waals surface area contributed by atoms with Crippen LogP contribution in [-0.2, 0) is 16.1 Å². The van der Waals surface area contributed by atoms with Gasteiger partial charge in [-0.3, -0.25) is 14.5 Å². The number of imide groups is 1. The van der Waals surface area contributed by atoms with E-state index in [1.54, 1.807) is 6.07 Å². The van der Waals surface area contributed by atoms with E-state index in [2.05, 4.69) is 0 Å². The van der Waals surface area contributed by atoms with Gasteiger partial charge in [0.25, 0.3) is 0 Å². The van der Waals surface area contributed by atoms with Crippen LogP contribution < -0.4 is 5.73 Å². The van der Waals surface area contributed by atoms with Crippen LogP contribution >= 0.6 is 12.2 Å². The van der Waals surface area contributed by atoms with E-state index >= 15 is 0 Å². The Bertz CT molecular complexity index is 625. The summed E-state index contributed by atoms with van der Waals surface area (Å²) in [5.74, 6) is -1.11. The molecular formula is C15H15FN2O2S. The lowest BCUT2D eigenvalue weighted by atomic mass is 10.00. The second-order valence-corrected chi connectivity index (χ2v) is 6.06. The first-order valence-corrected chi connectivity index (χ1v) is 7.32. The summed E-state index contributed by atoms with van der Waals surface area (Å²) in [4.78, 5) is 25.9. The van der Waals surface area contributed by atoms with Crippen molar-refractivity contribution in [1.29, 1.82) is 0 Å².